The summed E-state index contributed by atoms with van der Waals surface area (Å²) in [6.07, 6.45) is 11.3. The van der Waals surface area contributed by atoms with Gasteiger partial charge in [-0.05, 0) is 43.9 Å². The van der Waals surface area contributed by atoms with Crippen molar-refractivity contribution < 1.29 is 13.6 Å². The molecule has 3 heterocycles. The molecule has 2 aromatic rings. The van der Waals surface area contributed by atoms with E-state index in [4.69, 9.17) is 0 Å². The molecule has 0 radical (unpaired) electrons. The third-order valence-corrected chi connectivity index (χ3v) is 7.21. The molecule has 148 valence electrons. The molecule has 1 aliphatic heterocycles. The summed E-state index contributed by atoms with van der Waals surface area (Å²) in [5.74, 6) is -0.188. The minimum Gasteiger partial charge on any atom is -0.588 e. The Kier molecular flexibility index (Phi) is 5.41. The van der Waals surface area contributed by atoms with Crippen molar-refractivity contribution in [2.24, 2.45) is 0 Å². The number of sulfonamides is 1. The fraction of sp³-hybridized carbons (Fsp3) is 0.450. The van der Waals surface area contributed by atoms with Crippen molar-refractivity contribution in [2.45, 2.75) is 55.9 Å². The highest BCUT2D eigenvalue weighted by atomic mass is 32.3. The van der Waals surface area contributed by atoms with Crippen LogP contribution in [0.15, 0.2) is 41.7 Å². The van der Waals surface area contributed by atoms with Crippen LogP contribution < -0.4 is 9.62 Å². The van der Waals surface area contributed by atoms with E-state index in [2.05, 4.69) is 15.3 Å². The average Bonchev–Trinajstić information content (AvgIpc) is 2.74. The van der Waals surface area contributed by atoms with Crippen LogP contribution in [-0.4, -0.2) is 33.0 Å². The molecule has 1 atom stereocenters. The Hall–Kier alpha value is -2.32. The number of rotatable bonds is 4. The molecule has 0 spiro atoms. The molecule has 2 aliphatic rings. The van der Waals surface area contributed by atoms with E-state index in [0.29, 0.717) is 36.3 Å². The molecule has 2 aromatic heterocycles. The van der Waals surface area contributed by atoms with E-state index in [1.807, 2.05) is 0 Å². The Labute approximate surface area is 166 Å². The number of aryl methyl sites for hydroxylation is 1. The van der Waals surface area contributed by atoms with E-state index >= 15 is 0 Å². The minimum absolute atomic E-state index is 0.139. The lowest BCUT2D eigenvalue weighted by Crippen LogP contribution is -2.41. The number of carbonyl (C=O) groups excluding carboxylic acids is 1. The SMILES string of the molecule is O=C(NC1CCCCC1)c1cnc2c(c1)N([S+](=O)([O-])c1cccnc1)CCC2. The highest BCUT2D eigenvalue weighted by molar-refractivity contribution is 7.99. The van der Waals surface area contributed by atoms with Crippen LogP contribution in [-0.2, 0) is 21.0 Å². The van der Waals surface area contributed by atoms with Gasteiger partial charge in [0.2, 0.25) is 0 Å². The van der Waals surface area contributed by atoms with Gasteiger partial charge in [-0.15, -0.1) is 0 Å². The van der Waals surface area contributed by atoms with Gasteiger partial charge in [0, 0.05) is 18.4 Å². The number of amides is 1. The molecule has 0 bridgehead atoms. The number of nitrogens with zero attached hydrogens (tertiary/aromatic N) is 3. The van der Waals surface area contributed by atoms with Crippen LogP contribution in [0.2, 0.25) is 0 Å². The second-order valence-electron chi connectivity index (χ2n) is 7.37. The van der Waals surface area contributed by atoms with Crippen molar-refractivity contribution in [3.8, 4) is 0 Å². The highest BCUT2D eigenvalue weighted by Crippen LogP contribution is 2.34. The predicted octanol–water partition coefficient (Wildman–Crippen LogP) is 2.90. The zero-order valence-corrected chi connectivity index (χ0v) is 16.5. The molecule has 4 rings (SSSR count). The summed E-state index contributed by atoms with van der Waals surface area (Å²) in [6.45, 7) is 0.361. The summed E-state index contributed by atoms with van der Waals surface area (Å²) in [6, 6.07) is 4.98. The van der Waals surface area contributed by atoms with Crippen molar-refractivity contribution in [3.05, 3.63) is 48.0 Å². The Bertz CT molecular complexity index is 900. The molecule has 1 amide bonds. The molecule has 1 unspecified atom stereocenters. The lowest BCUT2D eigenvalue weighted by atomic mass is 9.95. The van der Waals surface area contributed by atoms with Gasteiger partial charge < -0.3 is 9.87 Å². The van der Waals surface area contributed by atoms with E-state index in [9.17, 15) is 13.6 Å². The zero-order chi connectivity index (χ0) is 19.6. The lowest BCUT2D eigenvalue weighted by molar-refractivity contribution is 0.0927. The van der Waals surface area contributed by atoms with Gasteiger partial charge in [-0.2, -0.15) is 4.31 Å². The first-order valence-electron chi connectivity index (χ1n) is 9.78. The monoisotopic (exact) mass is 400 g/mol. The van der Waals surface area contributed by atoms with Gasteiger partial charge in [-0.3, -0.25) is 14.8 Å². The van der Waals surface area contributed by atoms with Crippen LogP contribution in [0.3, 0.4) is 0 Å². The first kappa shape index (κ1) is 19.0. The van der Waals surface area contributed by atoms with Crippen LogP contribution in [0, 0.1) is 0 Å². The van der Waals surface area contributed by atoms with Gasteiger partial charge in [0.25, 0.3) is 5.91 Å². The largest absolute Gasteiger partial charge is 0.588 e. The van der Waals surface area contributed by atoms with Gasteiger partial charge in [-0.25, -0.2) is 0 Å². The summed E-state index contributed by atoms with van der Waals surface area (Å²) in [5.41, 5.74) is 1.59. The topological polar surface area (TPSA) is 98.2 Å². The zero-order valence-electron chi connectivity index (χ0n) is 15.7. The highest BCUT2D eigenvalue weighted by Gasteiger charge is 2.35. The Morgan fingerprint density at radius 1 is 1.21 bits per heavy atom. The molecule has 1 fully saturated rings. The van der Waals surface area contributed by atoms with E-state index in [-0.39, 0.29) is 16.8 Å². The summed E-state index contributed by atoms with van der Waals surface area (Å²) in [4.78, 5) is 21.2. The van der Waals surface area contributed by atoms with Crippen molar-refractivity contribution in [3.63, 3.8) is 0 Å². The van der Waals surface area contributed by atoms with Crippen LogP contribution >= 0.6 is 0 Å². The van der Waals surface area contributed by atoms with E-state index in [1.165, 1.54) is 23.0 Å². The standard InChI is InChI=1S/C20H24N4O3S/c25-20(23-16-6-2-1-3-7-16)15-12-19-18(22-13-15)9-5-11-24(19)28(26,27)17-8-4-10-21-14-17/h4,8,10,12-14,16H,1-3,5-7,9,11H2,(H-,23,25,26,27). The van der Waals surface area contributed by atoms with Crippen LogP contribution in [0.4, 0.5) is 5.69 Å². The van der Waals surface area contributed by atoms with Gasteiger partial charge in [0.05, 0.1) is 24.0 Å². The Morgan fingerprint density at radius 2 is 2.04 bits per heavy atom. The van der Waals surface area contributed by atoms with Crippen LogP contribution in [0.25, 0.3) is 0 Å². The number of hydrogen-bond donors (Lipinski definition) is 1. The van der Waals surface area contributed by atoms with Crippen molar-refractivity contribution in [1.82, 2.24) is 15.3 Å². The molecule has 0 aromatic carbocycles. The van der Waals surface area contributed by atoms with Crippen LogP contribution in [0.1, 0.15) is 54.6 Å². The molecule has 1 saturated carbocycles. The molecule has 7 nitrogen and oxygen atoms in total. The number of aromatic nitrogens is 2. The third kappa shape index (κ3) is 3.79. The Morgan fingerprint density at radius 3 is 2.79 bits per heavy atom. The summed E-state index contributed by atoms with van der Waals surface area (Å²) >= 11 is 0. The minimum atomic E-state index is -3.75. The fourth-order valence-electron chi connectivity index (χ4n) is 3.92. The number of anilines is 1. The average molecular weight is 401 g/mol. The maximum Gasteiger partial charge on any atom is 0.253 e. The summed E-state index contributed by atoms with van der Waals surface area (Å²) in [7, 11) is -3.75. The van der Waals surface area contributed by atoms with Gasteiger partial charge in [0.15, 0.2) is 15.3 Å². The molecular formula is C20H24N4O3S. The lowest BCUT2D eigenvalue weighted by Gasteiger charge is -2.33. The quantitative estimate of drug-likeness (QED) is 0.796. The molecule has 28 heavy (non-hydrogen) atoms. The normalized spacial score (nSPS) is 19.5. The molecular weight excluding hydrogens is 376 g/mol. The molecule has 1 aliphatic carbocycles. The molecule has 8 heteroatoms. The van der Waals surface area contributed by atoms with Crippen molar-refractivity contribution in [1.29, 1.82) is 0 Å². The van der Waals surface area contributed by atoms with E-state index in [1.54, 1.807) is 24.5 Å². The van der Waals surface area contributed by atoms with Gasteiger partial charge in [0.1, 0.15) is 5.69 Å². The smallest absolute Gasteiger partial charge is 0.253 e. The first-order valence-corrected chi connectivity index (χ1v) is 11.2. The number of hydrogen-bond acceptors (Lipinski definition) is 5. The number of nitrogens with one attached hydrogen (secondary N) is 1. The fourth-order valence-corrected chi connectivity index (χ4v) is 5.40. The van der Waals surface area contributed by atoms with Crippen molar-refractivity contribution >= 4 is 22.0 Å². The third-order valence-electron chi connectivity index (χ3n) is 5.42. The van der Waals surface area contributed by atoms with Crippen molar-refractivity contribution in [2.75, 3.05) is 10.8 Å². The maximum atomic E-state index is 13.1. The van der Waals surface area contributed by atoms with Crippen LogP contribution in [0.5, 0.6) is 0 Å². The van der Waals surface area contributed by atoms with Gasteiger partial charge in [-0.1, -0.05) is 23.5 Å². The van der Waals surface area contributed by atoms with E-state index in [0.717, 1.165) is 25.7 Å². The maximum absolute atomic E-state index is 13.1. The molecule has 1 N–H and O–H groups in total. The summed E-state index contributed by atoms with van der Waals surface area (Å²) in [5, 5.41) is 3.07. The predicted molar refractivity (Wildman–Crippen MR) is 106 cm³/mol. The molecule has 0 saturated heterocycles. The van der Waals surface area contributed by atoms with E-state index < -0.39 is 10.4 Å². The second-order valence-corrected chi connectivity index (χ2v) is 9.23. The Balaban J connectivity index is 1.62. The summed E-state index contributed by atoms with van der Waals surface area (Å²) < 4.78 is 27.6. The number of fused-ring (bicyclic) bond motifs is 1. The first-order chi connectivity index (χ1) is 13.6. The van der Waals surface area contributed by atoms with Gasteiger partial charge >= 0.3 is 0 Å². The number of carbonyl (C=O) groups is 1. The second kappa shape index (κ2) is 7.97. The number of pyridine rings is 2.